The van der Waals surface area contributed by atoms with Crippen LogP contribution in [0.25, 0.3) is 0 Å². The van der Waals surface area contributed by atoms with Gasteiger partial charge in [-0.3, -0.25) is 19.2 Å². The SMILES string of the molecule is C.C.C.C.C=CC#N.C=CCCc1ccccc1.C=CCCc1ccccc1.C=CC[Si](C)(C)C.CC.CC(C#N)CC(C)(C)C(=O)OCC(C)(C)CC(C)(C)c1ccccc1.CC(C)(Br)C(=O)Br.CC(C)(C)C(=O)OCCCB1P(I)C12CCCCC2.CC(C)(C)C(=O)OCCC[B]P(I)c1ccccc1.CC(C)(Cl)C(C)(C)Cl.CC(C)(Cl)c1ccccc1.CCCCCc1ccccc1.CCCCCc1ccccc1.[B].[B].[BiH]. The number of nitrogens with zero attached hydrogens (tertiary/aromatic N) is 2. The van der Waals surface area contributed by atoms with Gasteiger partial charge in [-0.2, -0.15) is 10.5 Å². The summed E-state index contributed by atoms with van der Waals surface area (Å²) in [6.45, 7) is 74.3. The van der Waals surface area contributed by atoms with Gasteiger partial charge in [0.1, 0.15) is 0 Å². The standard InChI is InChI=1S/C22H33NO2.C14H25BIO2P.C14H20BIO2P.2C11H16.2C10H12.C9H11Cl.C6H12Cl2.C6H14Si.C4H6Br2O.C3H3N.C2H6.4CH4.2B.Bi.H/c1-17(14-23)13-21(4,5)19(24)25-16-20(2,3)15-22(6,7)18-11-9-8-10-12-18;1-13(2,3)12(17)18-11-7-10-15-14(19(15)16)8-5-4-6-9-14;1-14(2,3)13(17)18-11-7-10-15-19(16)12-8-5-4-6-9-12;2*1-2-3-5-8-11-9-6-4-7-10-11;2*1-2-3-7-10-8-5-4-6-9-10;1-9(2,10)8-6-4-3-5-7-8;1-5(2,7)6(3,4)8;1-5-6-7(2,3)4;1-4(2,6)3(5)7;1-2-3-4;1-2;;;;;;;;/h8-12,17H,13,15-16H2,1-7H3;4-11H2,1-3H3;4-6,8-9H,7,10-11H2,1-3H3;2*4,6-7,9-10H,2-3,5,8H2,1H3;2*2,4-6,8-9H,1,3,7H2;3-7H,1-2H3;1-4H3;5H,1,6H2,2-4H3;1-2H3;2H,1H2;1-2H3;4*1H4;;;;. The molecule has 2 aliphatic rings. The Morgan fingerprint density at radius 2 is 0.847 bits per heavy atom. The van der Waals surface area contributed by atoms with Gasteiger partial charge >= 0.3 is 44.1 Å². The van der Waals surface area contributed by atoms with Gasteiger partial charge in [-0.25, -0.2) is 0 Å². The van der Waals surface area contributed by atoms with Crippen molar-refractivity contribution in [2.45, 2.75) is 405 Å². The number of esters is 3. The molecule has 7 aromatic carbocycles. The number of nitriles is 2. The van der Waals surface area contributed by atoms with Crippen molar-refractivity contribution in [3.8, 4) is 12.1 Å². The number of ether oxygens (including phenoxy) is 3. The Labute approximate surface area is 1010 Å². The number of allylic oxidation sites excluding steroid dienone is 4. The molecule has 1 heterocycles. The molecule has 1 spiro atoms. The van der Waals surface area contributed by atoms with Gasteiger partial charge in [-0.05, 0) is 284 Å². The molecule has 3 atom stereocenters. The van der Waals surface area contributed by atoms with Gasteiger partial charge in [0.15, 0.2) is 13.4 Å². The van der Waals surface area contributed by atoms with E-state index in [2.05, 4.69) is 334 Å². The van der Waals surface area contributed by atoms with Crippen molar-refractivity contribution >= 4 is 214 Å². The van der Waals surface area contributed by atoms with E-state index in [1.165, 1.54) is 135 Å². The zero-order valence-corrected chi connectivity index (χ0v) is 112. The molecular formula is C126H203B4BiBr2Cl3I2N2O7P2Si. The van der Waals surface area contributed by atoms with Crippen molar-refractivity contribution in [2.75, 3.05) is 19.8 Å². The third-order valence-corrected chi connectivity index (χ3v) is 39.0. The number of aryl methyl sites for hydroxylation is 4. The molecule has 9 nitrogen and oxygen atoms in total. The molecule has 2 fully saturated rings. The van der Waals surface area contributed by atoms with Crippen LogP contribution in [-0.4, -0.2) is 126 Å². The molecule has 3 unspecified atom stereocenters. The van der Waals surface area contributed by atoms with Gasteiger partial charge in [-0.1, -0.05) is 470 Å². The van der Waals surface area contributed by atoms with E-state index < -0.39 is 23.2 Å². The van der Waals surface area contributed by atoms with E-state index in [-0.39, 0.29) is 143 Å². The normalized spacial score (nSPS) is 12.6. The van der Waals surface area contributed by atoms with Crippen LogP contribution in [0.5, 0.6) is 0 Å². The summed E-state index contributed by atoms with van der Waals surface area (Å²) >= 11 is 29.0. The monoisotopic (exact) mass is 2720 g/mol. The zero-order chi connectivity index (χ0) is 110. The molecule has 0 N–H and O–H groups in total. The van der Waals surface area contributed by atoms with Crippen LogP contribution in [-0.2, 0) is 69.4 Å². The molecule has 9 rings (SSSR count). The summed E-state index contributed by atoms with van der Waals surface area (Å²) < 4.78 is 15.8. The van der Waals surface area contributed by atoms with Gasteiger partial charge in [0.25, 0.3) is 0 Å². The fraction of sp³-hybridized carbons (Fsp3) is 0.556. The number of rotatable bonds is 37. The molecule has 9 radical (unpaired) electrons. The average molecular weight is 2720 g/mol. The fourth-order valence-corrected chi connectivity index (χ4v) is 25.1. The Bertz CT molecular complexity index is 4440. The first-order valence-electron chi connectivity index (χ1n) is 51.4. The van der Waals surface area contributed by atoms with E-state index in [1.807, 2.05) is 191 Å². The number of alkyl halides is 4. The molecule has 839 valence electrons. The van der Waals surface area contributed by atoms with E-state index in [0.29, 0.717) is 26.2 Å². The first-order chi connectivity index (χ1) is 66.7. The van der Waals surface area contributed by atoms with Gasteiger partial charge in [0.2, 0.25) is 4.69 Å². The quantitative estimate of drug-likeness (QED) is 0.00355. The predicted octanol–water partition coefficient (Wildman–Crippen LogP) is 40.8. The Kier molecular flexibility index (Phi) is 105. The summed E-state index contributed by atoms with van der Waals surface area (Å²) in [6, 6.07) is 78.5. The maximum atomic E-state index is 12.5. The number of halogens is 7. The topological polar surface area (TPSA) is 144 Å². The molecule has 1 saturated heterocycles. The Morgan fingerprint density at radius 3 is 1.13 bits per heavy atom. The average Bonchev–Trinajstić information content (AvgIpc) is 1.56. The maximum absolute atomic E-state index is 12.5. The Balaban J connectivity index is -0.000000159. The summed E-state index contributed by atoms with van der Waals surface area (Å²) in [5, 5.41) is 18.6. The molecule has 1 aliphatic heterocycles. The summed E-state index contributed by atoms with van der Waals surface area (Å²) in [7, 11) is -0.775. The van der Waals surface area contributed by atoms with Gasteiger partial charge in [-0.15, -0.1) is 54.5 Å². The van der Waals surface area contributed by atoms with E-state index in [1.54, 1.807) is 19.9 Å². The second-order valence-electron chi connectivity index (χ2n) is 43.1. The van der Waals surface area contributed by atoms with E-state index in [0.717, 1.165) is 68.3 Å². The number of carbonyl (C=O) groups is 4. The molecule has 1 aliphatic carbocycles. The Hall–Kier alpha value is -3.93. The second kappa shape index (κ2) is 93.9. The van der Waals surface area contributed by atoms with Crippen LogP contribution < -0.4 is 5.30 Å². The molecule has 0 bridgehead atoms. The third-order valence-electron chi connectivity index (χ3n) is 22.6. The summed E-state index contributed by atoms with van der Waals surface area (Å²) in [6.07, 6.45) is 35.8. The summed E-state index contributed by atoms with van der Waals surface area (Å²) in [5.41, 5.74) is 6.66. The number of unbranched alkanes of at least 4 members (excludes halogenated alkanes) is 4. The van der Waals surface area contributed by atoms with Gasteiger partial charge in [0.05, 0.1) is 67.2 Å². The number of benzene rings is 7. The van der Waals surface area contributed by atoms with Crippen molar-refractivity contribution in [3.63, 3.8) is 0 Å². The summed E-state index contributed by atoms with van der Waals surface area (Å²) in [4.78, 5) is 45.1. The van der Waals surface area contributed by atoms with Crippen molar-refractivity contribution < 1.29 is 33.4 Å². The summed E-state index contributed by atoms with van der Waals surface area (Å²) in [5.74, 6) is -0.563. The zero-order valence-electron chi connectivity index (χ0n) is 95.1. The van der Waals surface area contributed by atoms with Crippen LogP contribution >= 0.6 is 122 Å². The van der Waals surface area contributed by atoms with Crippen molar-refractivity contribution in [1.29, 1.82) is 10.5 Å². The first kappa shape index (κ1) is 168. The van der Waals surface area contributed by atoms with E-state index in [4.69, 9.17) is 59.5 Å². The minimum atomic E-state index is -0.775. The number of hydrogen-bond acceptors (Lipinski definition) is 9. The fourth-order valence-electron chi connectivity index (χ4n) is 13.6. The van der Waals surface area contributed by atoms with Crippen molar-refractivity contribution in [3.05, 3.63) is 296 Å². The van der Waals surface area contributed by atoms with Crippen LogP contribution in [0.3, 0.4) is 0 Å². The first-order valence-corrected chi connectivity index (χ1v) is 66.3. The Morgan fingerprint density at radius 1 is 0.520 bits per heavy atom. The molecular weight excluding hydrogens is 2520 g/mol. The van der Waals surface area contributed by atoms with E-state index in [9.17, 15) is 19.2 Å². The van der Waals surface area contributed by atoms with Crippen LogP contribution in [0.15, 0.2) is 263 Å². The van der Waals surface area contributed by atoms with Crippen LogP contribution in [0, 0.1) is 50.2 Å². The van der Waals surface area contributed by atoms with Gasteiger partial charge < -0.3 is 14.2 Å². The third kappa shape index (κ3) is 89.0. The van der Waals surface area contributed by atoms with Gasteiger partial charge in [0, 0.05) is 36.9 Å². The number of carbonyl (C=O) groups excluding carboxylic acids is 4. The van der Waals surface area contributed by atoms with Crippen molar-refractivity contribution in [1.82, 2.24) is 0 Å². The van der Waals surface area contributed by atoms with Crippen LogP contribution in [0.1, 0.15) is 345 Å². The minimum absolute atomic E-state index is 0. The molecule has 1 saturated carbocycles. The molecule has 150 heavy (non-hydrogen) atoms. The molecule has 0 aromatic heterocycles. The van der Waals surface area contributed by atoms with Crippen LogP contribution in [0.2, 0.25) is 38.3 Å². The molecule has 24 heteroatoms. The van der Waals surface area contributed by atoms with Crippen LogP contribution in [0.4, 0.5) is 0 Å². The second-order valence-corrected chi connectivity index (χ2v) is 64.0. The molecule has 7 aromatic rings. The van der Waals surface area contributed by atoms with Crippen molar-refractivity contribution in [2.24, 2.45) is 27.6 Å². The van der Waals surface area contributed by atoms with E-state index >= 15 is 0 Å². The number of hydrogen-bond donors (Lipinski definition) is 0. The predicted molar refractivity (Wildman–Crippen MR) is 709 cm³/mol. The molecule has 0 amide bonds.